The van der Waals surface area contributed by atoms with Crippen LogP contribution in [0.2, 0.25) is 0 Å². The molecule has 17 heavy (non-hydrogen) atoms. The summed E-state index contributed by atoms with van der Waals surface area (Å²) in [5.41, 5.74) is -0.0641. The first-order chi connectivity index (χ1) is 8.19. The van der Waals surface area contributed by atoms with E-state index in [0.29, 0.717) is 24.0 Å². The van der Waals surface area contributed by atoms with Gasteiger partial charge in [-0.2, -0.15) is 5.26 Å². The molecule has 0 spiro atoms. The molecular formula is C13H10N2O2. The van der Waals surface area contributed by atoms with Crippen LogP contribution in [0.5, 0.6) is 0 Å². The molecule has 1 aromatic rings. The molecule has 1 aliphatic carbocycles. The first-order valence-electron chi connectivity index (χ1n) is 5.59. The summed E-state index contributed by atoms with van der Waals surface area (Å²) in [6.07, 6.45) is 2.07. The maximum Gasteiger partial charge on any atom is 0.262 e. The van der Waals surface area contributed by atoms with Gasteiger partial charge in [0.1, 0.15) is 5.54 Å². The summed E-state index contributed by atoms with van der Waals surface area (Å²) in [7, 11) is 0. The fraction of sp³-hybridized carbons (Fsp3) is 0.308. The number of hydrogen-bond acceptors (Lipinski definition) is 3. The standard InChI is InChI=1S/C13H10N2O2/c14-8-13(6-3-7-13)15-11(16)9-4-1-2-5-10(9)12(15)17/h1-2,4-5H,3,6-7H2. The predicted octanol–water partition coefficient (Wildman–Crippen LogP) is 1.73. The molecule has 1 aromatic carbocycles. The third-order valence-corrected chi connectivity index (χ3v) is 3.61. The smallest absolute Gasteiger partial charge is 0.262 e. The van der Waals surface area contributed by atoms with E-state index in [-0.39, 0.29) is 11.8 Å². The maximum atomic E-state index is 12.2. The Bertz CT molecular complexity index is 532. The number of amides is 2. The van der Waals surface area contributed by atoms with Gasteiger partial charge >= 0.3 is 0 Å². The zero-order chi connectivity index (χ0) is 12.0. The van der Waals surface area contributed by atoms with Gasteiger partial charge in [-0.1, -0.05) is 12.1 Å². The highest BCUT2D eigenvalue weighted by molar-refractivity contribution is 6.22. The Labute approximate surface area is 98.4 Å². The van der Waals surface area contributed by atoms with Crippen LogP contribution < -0.4 is 0 Å². The van der Waals surface area contributed by atoms with Crippen molar-refractivity contribution in [3.63, 3.8) is 0 Å². The van der Waals surface area contributed by atoms with Crippen molar-refractivity contribution in [3.8, 4) is 6.07 Å². The normalized spacial score (nSPS) is 20.8. The number of nitrogens with zero attached hydrogens (tertiary/aromatic N) is 2. The summed E-state index contributed by atoms with van der Waals surface area (Å²) in [5.74, 6) is -0.654. The molecule has 2 aliphatic rings. The average molecular weight is 226 g/mol. The van der Waals surface area contributed by atoms with Gasteiger partial charge in [-0.05, 0) is 31.4 Å². The highest BCUT2D eigenvalue weighted by Gasteiger charge is 2.52. The van der Waals surface area contributed by atoms with Crippen LogP contribution in [-0.4, -0.2) is 22.3 Å². The molecule has 0 radical (unpaired) electrons. The van der Waals surface area contributed by atoms with Gasteiger partial charge in [-0.15, -0.1) is 0 Å². The van der Waals surface area contributed by atoms with Crippen molar-refractivity contribution in [2.45, 2.75) is 24.8 Å². The van der Waals surface area contributed by atoms with Crippen molar-refractivity contribution in [1.82, 2.24) is 4.90 Å². The highest BCUT2D eigenvalue weighted by atomic mass is 16.2. The molecule has 4 nitrogen and oxygen atoms in total. The molecule has 2 amide bonds. The lowest BCUT2D eigenvalue weighted by atomic mass is 9.76. The van der Waals surface area contributed by atoms with Crippen molar-refractivity contribution in [3.05, 3.63) is 35.4 Å². The van der Waals surface area contributed by atoms with Crippen molar-refractivity contribution in [2.24, 2.45) is 0 Å². The van der Waals surface area contributed by atoms with Crippen LogP contribution in [0, 0.1) is 11.3 Å². The van der Waals surface area contributed by atoms with Crippen molar-refractivity contribution >= 4 is 11.8 Å². The van der Waals surface area contributed by atoms with E-state index in [2.05, 4.69) is 6.07 Å². The second-order valence-corrected chi connectivity index (χ2v) is 4.49. The predicted molar refractivity (Wildman–Crippen MR) is 59.1 cm³/mol. The number of fused-ring (bicyclic) bond motifs is 1. The molecule has 0 N–H and O–H groups in total. The number of hydrogen-bond donors (Lipinski definition) is 0. The molecule has 0 atom stereocenters. The minimum Gasteiger partial charge on any atom is -0.269 e. The van der Waals surface area contributed by atoms with Gasteiger partial charge in [0.2, 0.25) is 0 Å². The number of carbonyl (C=O) groups is 2. The molecule has 0 saturated heterocycles. The summed E-state index contributed by atoms with van der Waals surface area (Å²) in [4.78, 5) is 25.5. The van der Waals surface area contributed by atoms with Crippen molar-refractivity contribution < 1.29 is 9.59 Å². The Hall–Kier alpha value is -2.15. The summed E-state index contributed by atoms with van der Waals surface area (Å²) in [5, 5.41) is 9.22. The lowest BCUT2D eigenvalue weighted by molar-refractivity contribution is 0.0370. The van der Waals surface area contributed by atoms with Crippen LogP contribution in [0.15, 0.2) is 24.3 Å². The number of benzene rings is 1. The molecule has 0 aromatic heterocycles. The summed E-state index contributed by atoms with van der Waals surface area (Å²) in [6, 6.07) is 8.87. The van der Waals surface area contributed by atoms with E-state index < -0.39 is 5.54 Å². The average Bonchev–Trinajstić information content (AvgIpc) is 2.55. The summed E-state index contributed by atoms with van der Waals surface area (Å²) >= 11 is 0. The highest BCUT2D eigenvalue weighted by Crippen LogP contribution is 2.41. The monoisotopic (exact) mass is 226 g/mol. The Morgan fingerprint density at radius 3 is 2.00 bits per heavy atom. The van der Waals surface area contributed by atoms with E-state index in [4.69, 9.17) is 0 Å². The third kappa shape index (κ3) is 1.11. The number of carbonyl (C=O) groups excluding carboxylic acids is 2. The molecule has 84 valence electrons. The van der Waals surface area contributed by atoms with Gasteiger partial charge in [0.15, 0.2) is 0 Å². The van der Waals surface area contributed by atoms with Crippen LogP contribution in [0.1, 0.15) is 40.0 Å². The molecule has 1 heterocycles. The van der Waals surface area contributed by atoms with E-state index in [0.717, 1.165) is 11.3 Å². The Morgan fingerprint density at radius 2 is 1.65 bits per heavy atom. The second-order valence-electron chi connectivity index (χ2n) is 4.49. The maximum absolute atomic E-state index is 12.2. The van der Waals surface area contributed by atoms with Gasteiger partial charge < -0.3 is 0 Å². The number of rotatable bonds is 1. The van der Waals surface area contributed by atoms with Crippen LogP contribution in [0.25, 0.3) is 0 Å². The van der Waals surface area contributed by atoms with Gasteiger partial charge in [-0.25, -0.2) is 0 Å². The molecule has 1 saturated carbocycles. The van der Waals surface area contributed by atoms with Crippen LogP contribution >= 0.6 is 0 Å². The molecule has 0 bridgehead atoms. The van der Waals surface area contributed by atoms with E-state index >= 15 is 0 Å². The lowest BCUT2D eigenvalue weighted by Crippen LogP contribution is -2.55. The van der Waals surface area contributed by atoms with Crippen LogP contribution in [0.4, 0.5) is 0 Å². The fourth-order valence-corrected chi connectivity index (χ4v) is 2.48. The Balaban J connectivity index is 2.10. The second kappa shape index (κ2) is 3.17. The van der Waals surface area contributed by atoms with E-state index in [1.54, 1.807) is 24.3 Å². The van der Waals surface area contributed by atoms with Crippen molar-refractivity contribution in [1.29, 1.82) is 5.26 Å². The number of imide groups is 1. The topological polar surface area (TPSA) is 61.2 Å². The first-order valence-corrected chi connectivity index (χ1v) is 5.59. The van der Waals surface area contributed by atoms with Crippen LogP contribution in [-0.2, 0) is 0 Å². The molecule has 1 fully saturated rings. The lowest BCUT2D eigenvalue weighted by Gasteiger charge is -2.41. The Morgan fingerprint density at radius 1 is 1.12 bits per heavy atom. The summed E-state index contributed by atoms with van der Waals surface area (Å²) < 4.78 is 0. The third-order valence-electron chi connectivity index (χ3n) is 3.61. The van der Waals surface area contributed by atoms with E-state index in [9.17, 15) is 14.9 Å². The van der Waals surface area contributed by atoms with E-state index in [1.165, 1.54) is 0 Å². The first kappa shape index (κ1) is 10.0. The molecular weight excluding hydrogens is 216 g/mol. The Kier molecular flexibility index (Phi) is 1.87. The SMILES string of the molecule is N#CC1(N2C(=O)c3ccccc3C2=O)CCC1. The van der Waals surface area contributed by atoms with Crippen molar-refractivity contribution in [2.75, 3.05) is 0 Å². The minimum absolute atomic E-state index is 0.327. The van der Waals surface area contributed by atoms with Crippen LogP contribution in [0.3, 0.4) is 0 Å². The summed E-state index contributed by atoms with van der Waals surface area (Å²) in [6.45, 7) is 0. The molecule has 1 aliphatic heterocycles. The quantitative estimate of drug-likeness (QED) is 0.685. The minimum atomic E-state index is -0.896. The molecule has 3 rings (SSSR count). The van der Waals surface area contributed by atoms with Gasteiger partial charge in [0, 0.05) is 0 Å². The zero-order valence-corrected chi connectivity index (χ0v) is 9.14. The molecule has 4 heteroatoms. The van der Waals surface area contributed by atoms with Gasteiger partial charge in [0.25, 0.3) is 11.8 Å². The largest absolute Gasteiger partial charge is 0.269 e. The zero-order valence-electron chi connectivity index (χ0n) is 9.14. The van der Waals surface area contributed by atoms with Gasteiger partial charge in [0.05, 0.1) is 17.2 Å². The fourth-order valence-electron chi connectivity index (χ4n) is 2.48. The van der Waals surface area contributed by atoms with Gasteiger partial charge in [-0.3, -0.25) is 14.5 Å². The number of nitriles is 1. The van der Waals surface area contributed by atoms with E-state index in [1.807, 2.05) is 0 Å². The molecule has 0 unspecified atom stereocenters.